The summed E-state index contributed by atoms with van der Waals surface area (Å²) < 4.78 is 9.90. The number of hydrogen-bond donors (Lipinski definition) is 1. The zero-order valence-electron chi connectivity index (χ0n) is 6.98. The number of hydrogen-bond acceptors (Lipinski definition) is 5. The zero-order chi connectivity index (χ0) is 8.27. The van der Waals surface area contributed by atoms with Gasteiger partial charge in [-0.15, -0.1) is 22.6 Å². The van der Waals surface area contributed by atoms with E-state index >= 15 is 0 Å². The van der Waals surface area contributed by atoms with Gasteiger partial charge in [0.15, 0.2) is 0 Å². The van der Waals surface area contributed by atoms with Crippen LogP contribution in [0.25, 0.3) is 0 Å². The molecule has 0 aliphatic heterocycles. The number of methoxy groups -OCH3 is 1. The first kappa shape index (κ1) is 11.4. The van der Waals surface area contributed by atoms with E-state index in [1.165, 1.54) is 0 Å². The van der Waals surface area contributed by atoms with Crippen LogP contribution in [0.15, 0.2) is 4.42 Å². The van der Waals surface area contributed by atoms with Gasteiger partial charge in [0, 0.05) is 7.11 Å². The molecule has 0 amide bonds. The van der Waals surface area contributed by atoms with Gasteiger partial charge in [0.2, 0.25) is 11.8 Å². The van der Waals surface area contributed by atoms with E-state index in [0.29, 0.717) is 18.4 Å². The number of rotatable bonds is 3. The lowest BCUT2D eigenvalue weighted by Gasteiger charge is -1.94. The van der Waals surface area contributed by atoms with Crippen LogP contribution in [0.3, 0.4) is 0 Å². The van der Waals surface area contributed by atoms with Gasteiger partial charge in [-0.05, 0) is 6.92 Å². The van der Waals surface area contributed by atoms with Crippen LogP contribution in [0, 0.1) is 0 Å². The fourth-order valence-corrected chi connectivity index (χ4v) is 0.632. The smallest absolute Gasteiger partial charge is 0.242 e. The van der Waals surface area contributed by atoms with E-state index in [0.717, 1.165) is 0 Å². The molecule has 70 valence electrons. The van der Waals surface area contributed by atoms with Crippen molar-refractivity contribution in [3.05, 3.63) is 11.8 Å². The molecule has 0 bridgehead atoms. The van der Waals surface area contributed by atoms with Gasteiger partial charge < -0.3 is 14.9 Å². The van der Waals surface area contributed by atoms with Gasteiger partial charge in [-0.2, -0.15) is 0 Å². The average molecular weight is 194 g/mol. The second-order valence-electron chi connectivity index (χ2n) is 2.26. The van der Waals surface area contributed by atoms with Gasteiger partial charge in [0.1, 0.15) is 6.61 Å². The van der Waals surface area contributed by atoms with Crippen molar-refractivity contribution in [2.75, 3.05) is 7.11 Å². The van der Waals surface area contributed by atoms with Crippen molar-refractivity contribution < 1.29 is 9.15 Å². The minimum atomic E-state index is -0.215. The van der Waals surface area contributed by atoms with Crippen LogP contribution in [0.4, 0.5) is 0 Å². The van der Waals surface area contributed by atoms with Gasteiger partial charge in [-0.1, -0.05) is 0 Å². The summed E-state index contributed by atoms with van der Waals surface area (Å²) in [5.41, 5.74) is 5.49. The second-order valence-corrected chi connectivity index (χ2v) is 2.26. The monoisotopic (exact) mass is 193 g/mol. The van der Waals surface area contributed by atoms with Crippen LogP contribution in [0.2, 0.25) is 0 Å². The lowest BCUT2D eigenvalue weighted by molar-refractivity contribution is 0.157. The topological polar surface area (TPSA) is 74.2 Å². The molecule has 6 heteroatoms. The molecule has 0 aliphatic carbocycles. The maximum absolute atomic E-state index is 5.49. The van der Waals surface area contributed by atoms with Crippen LogP contribution in [-0.2, 0) is 11.3 Å². The SMILES string of the molecule is COCc1nnc([C@H](C)N)o1.Cl. The average Bonchev–Trinajstić information content (AvgIpc) is 2.37. The summed E-state index contributed by atoms with van der Waals surface area (Å²) in [6.07, 6.45) is 0. The fraction of sp³-hybridized carbons (Fsp3) is 0.667. The maximum atomic E-state index is 5.49. The molecular weight excluding hydrogens is 182 g/mol. The first-order valence-corrected chi connectivity index (χ1v) is 3.31. The van der Waals surface area contributed by atoms with Crippen molar-refractivity contribution >= 4 is 12.4 Å². The zero-order valence-corrected chi connectivity index (χ0v) is 7.80. The van der Waals surface area contributed by atoms with E-state index in [1.807, 2.05) is 0 Å². The third-order valence-corrected chi connectivity index (χ3v) is 1.14. The Balaban J connectivity index is 0.00000121. The molecule has 0 unspecified atom stereocenters. The summed E-state index contributed by atoms with van der Waals surface area (Å²) in [6.45, 7) is 2.11. The predicted molar refractivity (Wildman–Crippen MR) is 44.9 cm³/mol. The van der Waals surface area contributed by atoms with Crippen LogP contribution in [0.1, 0.15) is 24.7 Å². The van der Waals surface area contributed by atoms with Gasteiger partial charge in [0.05, 0.1) is 6.04 Å². The lowest BCUT2D eigenvalue weighted by Crippen LogP contribution is -2.04. The summed E-state index contributed by atoms with van der Waals surface area (Å²) in [6, 6.07) is -0.215. The number of nitrogens with zero attached hydrogens (tertiary/aromatic N) is 2. The number of aromatic nitrogens is 2. The lowest BCUT2D eigenvalue weighted by atomic mass is 10.4. The highest BCUT2D eigenvalue weighted by molar-refractivity contribution is 5.85. The van der Waals surface area contributed by atoms with E-state index in [2.05, 4.69) is 10.2 Å². The van der Waals surface area contributed by atoms with Crippen LogP contribution in [0.5, 0.6) is 0 Å². The van der Waals surface area contributed by atoms with Crippen molar-refractivity contribution in [1.82, 2.24) is 10.2 Å². The highest BCUT2D eigenvalue weighted by atomic mass is 35.5. The summed E-state index contributed by atoms with van der Waals surface area (Å²) >= 11 is 0. The molecule has 0 saturated carbocycles. The number of ether oxygens (including phenoxy) is 1. The molecule has 0 aromatic carbocycles. The number of nitrogens with two attached hydrogens (primary N) is 1. The van der Waals surface area contributed by atoms with E-state index in [-0.39, 0.29) is 18.4 Å². The summed E-state index contributed by atoms with van der Waals surface area (Å²) in [7, 11) is 1.57. The minimum absolute atomic E-state index is 0. The molecule has 0 aliphatic rings. The van der Waals surface area contributed by atoms with Crippen molar-refractivity contribution in [1.29, 1.82) is 0 Å². The summed E-state index contributed by atoms with van der Waals surface area (Å²) in [4.78, 5) is 0. The van der Waals surface area contributed by atoms with Gasteiger partial charge in [0.25, 0.3) is 0 Å². The molecule has 1 heterocycles. The quantitative estimate of drug-likeness (QED) is 0.763. The minimum Gasteiger partial charge on any atom is -0.421 e. The second kappa shape index (κ2) is 5.08. The molecule has 0 spiro atoms. The first-order chi connectivity index (χ1) is 5.24. The Morgan fingerprint density at radius 1 is 1.58 bits per heavy atom. The molecule has 2 N–H and O–H groups in total. The van der Waals surface area contributed by atoms with Gasteiger partial charge in [-0.25, -0.2) is 0 Å². The van der Waals surface area contributed by atoms with Gasteiger partial charge >= 0.3 is 0 Å². The molecule has 1 aromatic rings. The number of halogens is 1. The Labute approximate surface area is 76.7 Å². The van der Waals surface area contributed by atoms with Gasteiger partial charge in [-0.3, -0.25) is 0 Å². The predicted octanol–water partition coefficient (Wildman–Crippen LogP) is 0.657. The summed E-state index contributed by atoms with van der Waals surface area (Å²) in [5, 5.41) is 7.42. The van der Waals surface area contributed by atoms with Crippen LogP contribution < -0.4 is 5.73 Å². The molecule has 0 saturated heterocycles. The largest absolute Gasteiger partial charge is 0.421 e. The normalized spacial score (nSPS) is 12.2. The Kier molecular flexibility index (Phi) is 4.80. The Hall–Kier alpha value is -0.650. The molecule has 1 rings (SSSR count). The van der Waals surface area contributed by atoms with Crippen molar-refractivity contribution in [3.63, 3.8) is 0 Å². The van der Waals surface area contributed by atoms with E-state index in [9.17, 15) is 0 Å². The molecule has 0 fully saturated rings. The van der Waals surface area contributed by atoms with Crippen molar-refractivity contribution in [2.24, 2.45) is 5.73 Å². The Morgan fingerprint density at radius 3 is 2.67 bits per heavy atom. The first-order valence-electron chi connectivity index (χ1n) is 3.31. The maximum Gasteiger partial charge on any atom is 0.242 e. The third-order valence-electron chi connectivity index (χ3n) is 1.14. The summed E-state index contributed by atoms with van der Waals surface area (Å²) in [5.74, 6) is 0.900. The third kappa shape index (κ3) is 2.77. The molecule has 5 nitrogen and oxygen atoms in total. The molecule has 1 atom stereocenters. The Bertz CT molecular complexity index is 226. The van der Waals surface area contributed by atoms with Crippen molar-refractivity contribution in [3.8, 4) is 0 Å². The molecule has 12 heavy (non-hydrogen) atoms. The van der Waals surface area contributed by atoms with E-state index in [1.54, 1.807) is 14.0 Å². The fourth-order valence-electron chi connectivity index (χ4n) is 0.632. The standard InChI is InChI=1S/C6H11N3O2.ClH/c1-4(7)6-9-8-5(11-6)3-10-2;/h4H,3,7H2,1-2H3;1H/t4-;/m0./s1. The van der Waals surface area contributed by atoms with Crippen LogP contribution in [-0.4, -0.2) is 17.3 Å². The molecular formula is C6H12ClN3O2. The van der Waals surface area contributed by atoms with E-state index in [4.69, 9.17) is 14.9 Å². The highest BCUT2D eigenvalue weighted by Gasteiger charge is 2.08. The molecule has 0 radical (unpaired) electrons. The van der Waals surface area contributed by atoms with E-state index < -0.39 is 0 Å². The van der Waals surface area contributed by atoms with Crippen molar-refractivity contribution in [2.45, 2.75) is 19.6 Å². The van der Waals surface area contributed by atoms with Crippen LogP contribution >= 0.6 is 12.4 Å². The Morgan fingerprint density at radius 2 is 2.25 bits per heavy atom. The molecule has 1 aromatic heterocycles. The highest BCUT2D eigenvalue weighted by Crippen LogP contribution is 2.07.